The Kier molecular flexibility index (Phi) is 6.24. The minimum absolute atomic E-state index is 0.135. The van der Waals surface area contributed by atoms with Crippen LogP contribution in [-0.4, -0.2) is 54.6 Å². The summed E-state index contributed by atoms with van der Waals surface area (Å²) in [5.74, 6) is 0.717. The average Bonchev–Trinajstić information content (AvgIpc) is 3.05. The van der Waals surface area contributed by atoms with Gasteiger partial charge in [-0.25, -0.2) is 4.79 Å². The van der Waals surface area contributed by atoms with Gasteiger partial charge >= 0.3 is 5.97 Å². The molecule has 0 radical (unpaired) electrons. The highest BCUT2D eigenvalue weighted by atomic mass is 16.5. The lowest BCUT2D eigenvalue weighted by Gasteiger charge is -2.34. The Morgan fingerprint density at radius 3 is 2.68 bits per heavy atom. The molecule has 0 aliphatic carbocycles. The minimum atomic E-state index is -0.493. The number of amides is 1. The molecule has 7 heteroatoms. The van der Waals surface area contributed by atoms with Crippen molar-refractivity contribution in [2.45, 2.75) is 39.7 Å². The summed E-state index contributed by atoms with van der Waals surface area (Å²) in [6.45, 7) is 7.97. The van der Waals surface area contributed by atoms with E-state index < -0.39 is 5.97 Å². The topological polar surface area (TPSA) is 83.7 Å². The molecule has 2 heterocycles. The average molecular weight is 387 g/mol. The Bertz CT molecular complexity index is 853. The highest BCUT2D eigenvalue weighted by Crippen LogP contribution is 2.32. The zero-order valence-electron chi connectivity index (χ0n) is 17.0. The maximum atomic E-state index is 13.0. The van der Waals surface area contributed by atoms with Gasteiger partial charge in [0.2, 0.25) is 5.91 Å². The van der Waals surface area contributed by atoms with Crippen molar-refractivity contribution in [3.63, 3.8) is 0 Å². The smallest absolute Gasteiger partial charge is 0.356 e. The van der Waals surface area contributed by atoms with Crippen molar-refractivity contribution in [1.29, 1.82) is 0 Å². The molecule has 3 rings (SSSR count). The molecule has 28 heavy (non-hydrogen) atoms. The number of methoxy groups -OCH3 is 1. The second-order valence-electron chi connectivity index (χ2n) is 7.39. The van der Waals surface area contributed by atoms with Gasteiger partial charge in [0.15, 0.2) is 0 Å². The number of esters is 1. The fourth-order valence-electron chi connectivity index (χ4n) is 3.59. The quantitative estimate of drug-likeness (QED) is 0.742. The standard InChI is InChI=1S/C21H29N3O4/c1-5-28-21(26)19-18(16-12-15(27-4)6-7-17(16)22-19)23-20(25)14(3)24-10-8-13(2)9-11-24/h6-7,12-14,22H,5,8-11H2,1-4H3,(H,23,25). The van der Waals surface area contributed by atoms with Gasteiger partial charge in [-0.1, -0.05) is 6.92 Å². The lowest BCUT2D eigenvalue weighted by molar-refractivity contribution is -0.121. The normalized spacial score (nSPS) is 16.7. The Labute approximate surface area is 165 Å². The van der Waals surface area contributed by atoms with Gasteiger partial charge < -0.3 is 19.8 Å². The predicted octanol–water partition coefficient (Wildman–Crippen LogP) is 3.41. The molecular formula is C21H29N3O4. The largest absolute Gasteiger partial charge is 0.497 e. The Balaban J connectivity index is 1.90. The third-order valence-corrected chi connectivity index (χ3v) is 5.48. The van der Waals surface area contributed by atoms with E-state index in [4.69, 9.17) is 9.47 Å². The number of piperidine rings is 1. The second-order valence-corrected chi connectivity index (χ2v) is 7.39. The molecule has 1 aromatic heterocycles. The number of carbonyl (C=O) groups excluding carboxylic acids is 2. The fourth-order valence-corrected chi connectivity index (χ4v) is 3.59. The maximum Gasteiger partial charge on any atom is 0.356 e. The molecule has 1 aliphatic heterocycles. The summed E-state index contributed by atoms with van der Waals surface area (Å²) in [4.78, 5) is 30.7. The first-order valence-electron chi connectivity index (χ1n) is 9.86. The molecule has 1 fully saturated rings. The number of nitrogens with one attached hydrogen (secondary N) is 2. The Morgan fingerprint density at radius 1 is 1.32 bits per heavy atom. The molecule has 1 unspecified atom stereocenters. The Hall–Kier alpha value is -2.54. The summed E-state index contributed by atoms with van der Waals surface area (Å²) < 4.78 is 10.5. The van der Waals surface area contributed by atoms with Gasteiger partial charge in [-0.15, -0.1) is 0 Å². The SMILES string of the molecule is CCOC(=O)c1[nH]c2ccc(OC)cc2c1NC(=O)C(C)N1CCC(C)CC1. The van der Waals surface area contributed by atoms with Gasteiger partial charge in [-0.05, 0) is 63.9 Å². The van der Waals surface area contributed by atoms with E-state index in [2.05, 4.69) is 22.1 Å². The number of fused-ring (bicyclic) bond motifs is 1. The van der Waals surface area contributed by atoms with Crippen LogP contribution in [-0.2, 0) is 9.53 Å². The van der Waals surface area contributed by atoms with Crippen LogP contribution >= 0.6 is 0 Å². The number of hydrogen-bond donors (Lipinski definition) is 2. The van der Waals surface area contributed by atoms with Gasteiger partial charge in [0.1, 0.15) is 11.4 Å². The van der Waals surface area contributed by atoms with Gasteiger partial charge in [-0.2, -0.15) is 0 Å². The Morgan fingerprint density at radius 2 is 2.04 bits per heavy atom. The highest BCUT2D eigenvalue weighted by molar-refractivity contribution is 6.12. The van der Waals surface area contributed by atoms with Gasteiger partial charge in [0.05, 0.1) is 25.4 Å². The van der Waals surface area contributed by atoms with Crippen molar-refractivity contribution in [2.75, 3.05) is 32.1 Å². The number of ether oxygens (including phenoxy) is 2. The van der Waals surface area contributed by atoms with Crippen LogP contribution in [0.25, 0.3) is 10.9 Å². The number of anilines is 1. The van der Waals surface area contributed by atoms with Crippen molar-refractivity contribution in [1.82, 2.24) is 9.88 Å². The maximum absolute atomic E-state index is 13.0. The zero-order chi connectivity index (χ0) is 20.3. The molecular weight excluding hydrogens is 358 g/mol. The van der Waals surface area contributed by atoms with E-state index in [9.17, 15) is 9.59 Å². The third kappa shape index (κ3) is 4.14. The van der Waals surface area contributed by atoms with Crippen molar-refractivity contribution in [2.24, 2.45) is 5.92 Å². The number of benzene rings is 1. The molecule has 152 valence electrons. The number of H-pyrrole nitrogens is 1. The van der Waals surface area contributed by atoms with Gasteiger partial charge in [0, 0.05) is 10.9 Å². The van der Waals surface area contributed by atoms with Crippen LogP contribution in [0.4, 0.5) is 5.69 Å². The van der Waals surface area contributed by atoms with E-state index in [1.54, 1.807) is 26.2 Å². The molecule has 1 atom stereocenters. The molecule has 2 N–H and O–H groups in total. The molecule has 1 aliphatic rings. The van der Waals surface area contributed by atoms with Crippen molar-refractivity contribution < 1.29 is 19.1 Å². The molecule has 7 nitrogen and oxygen atoms in total. The molecule has 0 bridgehead atoms. The zero-order valence-corrected chi connectivity index (χ0v) is 17.0. The van der Waals surface area contributed by atoms with Crippen LogP contribution in [0.15, 0.2) is 18.2 Å². The van der Waals surface area contributed by atoms with Gasteiger partial charge in [0.25, 0.3) is 0 Å². The van der Waals surface area contributed by atoms with Crippen molar-refractivity contribution in [3.05, 3.63) is 23.9 Å². The van der Waals surface area contributed by atoms with Crippen LogP contribution in [0, 0.1) is 5.92 Å². The third-order valence-electron chi connectivity index (χ3n) is 5.48. The van der Waals surface area contributed by atoms with Crippen LogP contribution in [0.5, 0.6) is 5.75 Å². The lowest BCUT2D eigenvalue weighted by atomic mass is 9.98. The number of carbonyl (C=O) groups is 2. The van der Waals surface area contributed by atoms with Crippen molar-refractivity contribution >= 4 is 28.5 Å². The number of hydrogen-bond acceptors (Lipinski definition) is 5. The van der Waals surface area contributed by atoms with Crippen LogP contribution < -0.4 is 10.1 Å². The summed E-state index contributed by atoms with van der Waals surface area (Å²) in [6, 6.07) is 5.15. The molecule has 0 spiro atoms. The van der Waals surface area contributed by atoms with Crippen LogP contribution in [0.3, 0.4) is 0 Å². The first kappa shape index (κ1) is 20.2. The number of likely N-dealkylation sites (tertiary alicyclic amines) is 1. The van der Waals surface area contributed by atoms with Gasteiger partial charge in [-0.3, -0.25) is 9.69 Å². The van der Waals surface area contributed by atoms with E-state index in [0.29, 0.717) is 17.4 Å². The summed E-state index contributed by atoms with van der Waals surface area (Å²) in [6.07, 6.45) is 2.19. The van der Waals surface area contributed by atoms with E-state index in [1.165, 1.54) is 0 Å². The molecule has 1 aromatic carbocycles. The molecule has 2 aromatic rings. The predicted molar refractivity (Wildman–Crippen MR) is 109 cm³/mol. The molecule has 0 saturated carbocycles. The van der Waals surface area contributed by atoms with Crippen LogP contribution in [0.2, 0.25) is 0 Å². The second kappa shape index (κ2) is 8.65. The lowest BCUT2D eigenvalue weighted by Crippen LogP contribution is -2.45. The number of rotatable bonds is 6. The summed E-state index contributed by atoms with van der Waals surface area (Å²) in [7, 11) is 1.58. The number of nitrogens with zero attached hydrogens (tertiary/aromatic N) is 1. The monoisotopic (exact) mass is 387 g/mol. The van der Waals surface area contributed by atoms with E-state index in [0.717, 1.165) is 36.8 Å². The minimum Gasteiger partial charge on any atom is -0.497 e. The molecule has 1 amide bonds. The first-order valence-corrected chi connectivity index (χ1v) is 9.86. The fraction of sp³-hybridized carbons (Fsp3) is 0.524. The summed E-state index contributed by atoms with van der Waals surface area (Å²) in [5.41, 5.74) is 1.42. The first-order chi connectivity index (χ1) is 13.4. The summed E-state index contributed by atoms with van der Waals surface area (Å²) in [5, 5.41) is 3.68. The van der Waals surface area contributed by atoms with Crippen LogP contribution in [0.1, 0.15) is 44.1 Å². The number of aromatic nitrogens is 1. The highest BCUT2D eigenvalue weighted by Gasteiger charge is 2.28. The van der Waals surface area contributed by atoms with Crippen molar-refractivity contribution in [3.8, 4) is 5.75 Å². The van der Waals surface area contributed by atoms with E-state index in [-0.39, 0.29) is 24.2 Å². The van der Waals surface area contributed by atoms with E-state index >= 15 is 0 Å². The molecule has 1 saturated heterocycles. The van der Waals surface area contributed by atoms with E-state index in [1.807, 2.05) is 13.0 Å². The number of aromatic amines is 1. The summed E-state index contributed by atoms with van der Waals surface area (Å²) >= 11 is 0.